The monoisotopic (exact) mass is 1790 g/mol. The molecule has 22 nitrogen and oxygen atoms in total. The number of benzene rings is 6. The van der Waals surface area contributed by atoms with Crippen molar-refractivity contribution in [1.82, 2.24) is 19.1 Å². The molecule has 7 N–H and O–H groups in total. The summed E-state index contributed by atoms with van der Waals surface area (Å²) in [6.45, 7) is 18.8. The van der Waals surface area contributed by atoms with Crippen molar-refractivity contribution in [2.24, 2.45) is 0 Å². The summed E-state index contributed by atoms with van der Waals surface area (Å²) < 4.78 is 109. The summed E-state index contributed by atoms with van der Waals surface area (Å²) in [5, 5.41) is 0. The predicted octanol–water partition coefficient (Wildman–Crippen LogP) is 11.3. The molecule has 0 unspecified atom stereocenters. The molecule has 0 amide bonds. The topological polar surface area (TPSA) is 327 Å². The van der Waals surface area contributed by atoms with Gasteiger partial charge < -0.3 is 15.2 Å². The van der Waals surface area contributed by atoms with Gasteiger partial charge in [-0.15, -0.1) is 18.4 Å². The zero-order valence-electron chi connectivity index (χ0n) is 56.3. The minimum Gasteiger partial charge on any atom is -0.495 e. The molecule has 0 bridgehead atoms. The smallest absolute Gasteiger partial charge is 0.332 e. The van der Waals surface area contributed by atoms with Crippen molar-refractivity contribution in [3.8, 4) is 59.0 Å². The predicted molar refractivity (Wildman–Crippen MR) is 426 cm³/mol. The van der Waals surface area contributed by atoms with Gasteiger partial charge in [0, 0.05) is 87.4 Å². The number of aromatic amines is 2. The molecule has 0 saturated heterocycles. The van der Waals surface area contributed by atoms with Crippen LogP contribution in [0.5, 0.6) is 11.5 Å². The van der Waals surface area contributed by atoms with Gasteiger partial charge in [-0.2, -0.15) is 0 Å². The summed E-state index contributed by atoms with van der Waals surface area (Å²) in [6.07, 6.45) is 17.4. The fraction of sp³-hybridized carbons (Fsp3) is 0.254. The van der Waals surface area contributed by atoms with Gasteiger partial charge in [-0.1, -0.05) is 78.9 Å². The van der Waals surface area contributed by atoms with Crippen molar-refractivity contribution in [3.63, 3.8) is 0 Å². The normalized spacial score (nSPS) is 11.0. The molecule has 0 aliphatic heterocycles. The number of terminal acetylenes is 2. The lowest BCUT2D eigenvalue weighted by molar-refractivity contribution is 0.394. The number of anilines is 4. The molecule has 98 heavy (non-hydrogen) atoms. The van der Waals surface area contributed by atoms with Crippen LogP contribution in [0.4, 0.5) is 22.7 Å². The number of nitrogen functional groups attached to an aromatic ring is 1. The first-order valence-electron chi connectivity index (χ1n) is 28.5. The fourth-order valence-electron chi connectivity index (χ4n) is 7.36. The molecular weight excluding hydrogens is 1710 g/mol. The molecule has 526 valence electrons. The van der Waals surface area contributed by atoms with Crippen molar-refractivity contribution < 1.29 is 43.1 Å². The SMILES string of the molecule is C#C[Si](C)(C)C.C#Cc1ccc(NS(C)(=O)=O)cc1.COc1c(C#Cc2ccc(NS(C)(=O)=O)cc2)cc(-n2ccc(=O)[nH]c2=O)cc1C(C)(C)C.COc1c(I)cc(-n2ccc(=O)[nH]c2=O)cc1C(C)(C)C.CS(=O)(=O)Cl.CS(=O)(=O)Nc1ccc(I)cc1.Nc1ccc(I)cc1. The van der Waals surface area contributed by atoms with Gasteiger partial charge in [-0.3, -0.25) is 42.9 Å². The number of nitrogens with one attached hydrogen (secondary N) is 5. The van der Waals surface area contributed by atoms with E-state index in [1.165, 1.54) is 37.2 Å². The molecule has 0 fully saturated rings. The lowest BCUT2D eigenvalue weighted by atomic mass is 9.84. The highest BCUT2D eigenvalue weighted by molar-refractivity contribution is 14.1. The minimum atomic E-state index is -3.36. The first-order valence-corrected chi connectivity index (χ1v) is 43.6. The van der Waals surface area contributed by atoms with Crippen molar-refractivity contribution >= 4 is 148 Å². The maximum absolute atomic E-state index is 12.4. The van der Waals surface area contributed by atoms with E-state index < -0.39 is 69.7 Å². The molecule has 0 aliphatic rings. The highest BCUT2D eigenvalue weighted by Gasteiger charge is 2.24. The van der Waals surface area contributed by atoms with Crippen molar-refractivity contribution in [2.75, 3.05) is 59.1 Å². The Labute approximate surface area is 620 Å². The number of rotatable bonds is 10. The summed E-state index contributed by atoms with van der Waals surface area (Å²) in [4.78, 5) is 51.5. The second kappa shape index (κ2) is 38.3. The molecule has 0 spiro atoms. The zero-order chi connectivity index (χ0) is 75.0. The van der Waals surface area contributed by atoms with Crippen molar-refractivity contribution in [3.05, 3.63) is 226 Å². The van der Waals surface area contributed by atoms with E-state index in [0.717, 1.165) is 60.3 Å². The number of nitrogens with two attached hydrogens (primary N) is 1. The maximum Gasteiger partial charge on any atom is 0.332 e. The molecule has 0 saturated carbocycles. The lowest BCUT2D eigenvalue weighted by Crippen LogP contribution is -2.28. The molecule has 8 aromatic rings. The van der Waals surface area contributed by atoms with Gasteiger partial charge in [0.05, 0.1) is 59.8 Å². The summed E-state index contributed by atoms with van der Waals surface area (Å²) in [7, 11) is -6.30. The molecular formula is C67H78ClI3N8O14S4Si. The van der Waals surface area contributed by atoms with E-state index in [9.17, 15) is 52.8 Å². The number of hydrogen-bond acceptors (Lipinski definition) is 15. The molecule has 0 radical (unpaired) electrons. The molecule has 0 atom stereocenters. The van der Waals surface area contributed by atoms with E-state index >= 15 is 0 Å². The van der Waals surface area contributed by atoms with Crippen LogP contribution in [0.25, 0.3) is 11.4 Å². The molecule has 6 aromatic carbocycles. The van der Waals surface area contributed by atoms with Crippen LogP contribution in [-0.4, -0.2) is 100 Å². The minimum absolute atomic E-state index is 0.132. The van der Waals surface area contributed by atoms with Crippen LogP contribution < -0.4 is 51.9 Å². The fourth-order valence-corrected chi connectivity index (χ4v) is 10.6. The number of halogens is 4. The van der Waals surface area contributed by atoms with E-state index in [1.54, 1.807) is 80.9 Å². The van der Waals surface area contributed by atoms with E-state index in [4.69, 9.17) is 28.1 Å². The molecule has 31 heteroatoms. The lowest BCUT2D eigenvalue weighted by Gasteiger charge is -2.24. The van der Waals surface area contributed by atoms with Crippen LogP contribution in [0.2, 0.25) is 19.6 Å². The Morgan fingerprint density at radius 1 is 0.520 bits per heavy atom. The van der Waals surface area contributed by atoms with Gasteiger partial charge in [0.1, 0.15) is 19.6 Å². The van der Waals surface area contributed by atoms with E-state index in [-0.39, 0.29) is 10.8 Å². The van der Waals surface area contributed by atoms with E-state index in [0.29, 0.717) is 45.3 Å². The number of ether oxygens (including phenoxy) is 2. The van der Waals surface area contributed by atoms with Crippen LogP contribution in [0.1, 0.15) is 69.4 Å². The Balaban J connectivity index is 0.000000430. The van der Waals surface area contributed by atoms with Gasteiger partial charge in [0.25, 0.3) is 11.1 Å². The van der Waals surface area contributed by atoms with Gasteiger partial charge in [0.15, 0.2) is 0 Å². The Kier molecular flexibility index (Phi) is 33.9. The number of nitrogens with zero attached hydrogens (tertiary/aromatic N) is 2. The third kappa shape index (κ3) is 34.9. The number of hydrogen-bond donors (Lipinski definition) is 6. The van der Waals surface area contributed by atoms with Gasteiger partial charge >= 0.3 is 11.4 Å². The largest absolute Gasteiger partial charge is 0.495 e. The average Bonchev–Trinajstić information content (AvgIpc) is 0.788. The first kappa shape index (κ1) is 86.7. The Hall–Kier alpha value is -7.34. The highest BCUT2D eigenvalue weighted by atomic mass is 127. The second-order valence-corrected chi connectivity index (χ2v) is 40.6. The Bertz CT molecular complexity index is 4890. The van der Waals surface area contributed by atoms with Crippen LogP contribution in [0.3, 0.4) is 0 Å². The summed E-state index contributed by atoms with van der Waals surface area (Å²) >= 11 is 6.58. The third-order valence-corrected chi connectivity index (χ3v) is 16.6. The van der Waals surface area contributed by atoms with Crippen molar-refractivity contribution in [2.45, 2.75) is 72.0 Å². The summed E-state index contributed by atoms with van der Waals surface area (Å²) in [5.74, 6) is 9.99. The molecule has 0 aliphatic carbocycles. The zero-order valence-corrected chi connectivity index (χ0v) is 67.8. The quantitative estimate of drug-likeness (QED) is 0.0244. The summed E-state index contributed by atoms with van der Waals surface area (Å²) in [5.41, 5.74) is 13.2. The Morgan fingerprint density at radius 3 is 1.15 bits per heavy atom. The van der Waals surface area contributed by atoms with Crippen molar-refractivity contribution in [1.29, 1.82) is 0 Å². The number of methoxy groups -OCH3 is 2. The third-order valence-electron chi connectivity index (χ3n) is 11.7. The number of aromatic nitrogens is 4. The maximum atomic E-state index is 12.4. The van der Waals surface area contributed by atoms with Crippen LogP contribution in [0, 0.1) is 46.9 Å². The Morgan fingerprint density at radius 2 is 0.847 bits per heavy atom. The first-order chi connectivity index (χ1) is 44.9. The standard InChI is InChI=1S/C24H25N3O5S.C15H17IN2O3.C9H9NO2S.C7H8INO2S.C6H6IN.C5H10Si.CH3ClO2S/c1-24(2,3)20-15-19(27-13-12-21(28)25-23(27)29)14-17(22(20)32-4)9-6-16-7-10-18(11-8-16)26-33(5,30)31;1-15(2,3)10-7-9(8-11(16)13(10)21-4)18-6-5-12(19)17-14(18)20;1-3-8-4-6-9(7-5-8)10-13(2,11)12;1-12(10,11)9-7-4-2-6(8)3-5-7;7-5-1-3-6(8)4-2-5;1-5-6(2,3)4;1-5(2,3)4/h7-8,10-15,26H,1-5H3,(H,25,28,29);5-8H,1-4H3,(H,17,19,20);1,4-7,10H,2H3;2-5,9H,1H3;1-4H,8H2;1H,2-4H3;1H3. The van der Waals surface area contributed by atoms with E-state index in [2.05, 4.69) is 166 Å². The number of H-pyrrole nitrogens is 2. The molecule has 2 heterocycles. The van der Waals surface area contributed by atoms with Crippen LogP contribution >= 0.6 is 78.5 Å². The summed E-state index contributed by atoms with van der Waals surface area (Å²) in [6, 6.07) is 38.1. The van der Waals surface area contributed by atoms with Gasteiger partial charge in [-0.25, -0.2) is 43.3 Å². The molecule has 2 aromatic heterocycles. The van der Waals surface area contributed by atoms with Gasteiger partial charge in [-0.05, 0) is 200 Å². The highest BCUT2D eigenvalue weighted by Crippen LogP contribution is 2.38. The van der Waals surface area contributed by atoms with Gasteiger partial charge in [0.2, 0.25) is 39.1 Å². The second-order valence-electron chi connectivity index (χ2n) is 23.8. The van der Waals surface area contributed by atoms with Crippen LogP contribution in [-0.2, 0) is 50.0 Å². The van der Waals surface area contributed by atoms with Crippen LogP contribution in [0.15, 0.2) is 165 Å². The average molecular weight is 1790 g/mol. The number of sulfonamides is 3. The molecule has 8 rings (SSSR count). The van der Waals surface area contributed by atoms with E-state index in [1.807, 2.05) is 75.4 Å².